The van der Waals surface area contributed by atoms with Gasteiger partial charge in [0.15, 0.2) is 5.70 Å². The van der Waals surface area contributed by atoms with E-state index < -0.39 is 5.97 Å². The van der Waals surface area contributed by atoms with E-state index in [9.17, 15) is 4.79 Å². The topological polar surface area (TPSA) is 38.7 Å². The summed E-state index contributed by atoms with van der Waals surface area (Å²) in [5.41, 5.74) is 1.65. The lowest BCUT2D eigenvalue weighted by molar-refractivity contribution is -0.129. The summed E-state index contributed by atoms with van der Waals surface area (Å²) in [5.74, 6) is -0.316. The van der Waals surface area contributed by atoms with Gasteiger partial charge in [-0.2, -0.15) is 0 Å². The van der Waals surface area contributed by atoms with Crippen LogP contribution >= 0.6 is 45.8 Å². The zero-order valence-electron chi connectivity index (χ0n) is 11.0. The van der Waals surface area contributed by atoms with Gasteiger partial charge in [0.1, 0.15) is 0 Å². The molecule has 0 saturated carbocycles. The van der Waals surface area contributed by atoms with Gasteiger partial charge in [0.05, 0.1) is 10.6 Å². The van der Waals surface area contributed by atoms with Crippen LogP contribution in [0.1, 0.15) is 11.1 Å². The largest absolute Gasteiger partial charge is 0.402 e. The van der Waals surface area contributed by atoms with Crippen LogP contribution in [0.5, 0.6) is 0 Å². The van der Waals surface area contributed by atoms with E-state index in [-0.39, 0.29) is 11.6 Å². The highest BCUT2D eigenvalue weighted by Crippen LogP contribution is 2.26. The van der Waals surface area contributed by atoms with Crippen molar-refractivity contribution in [3.63, 3.8) is 0 Å². The van der Waals surface area contributed by atoms with Gasteiger partial charge in [-0.1, -0.05) is 35.3 Å². The number of nitrogens with zero attached hydrogens (tertiary/aromatic N) is 1. The minimum Gasteiger partial charge on any atom is -0.402 e. The average molecular weight is 444 g/mol. The van der Waals surface area contributed by atoms with Gasteiger partial charge in [0.25, 0.3) is 0 Å². The fraction of sp³-hybridized carbons (Fsp3) is 0. The van der Waals surface area contributed by atoms with Crippen molar-refractivity contribution in [2.24, 2.45) is 4.99 Å². The van der Waals surface area contributed by atoms with Crippen molar-refractivity contribution in [1.29, 1.82) is 0 Å². The Bertz CT molecular complexity index is 831. The van der Waals surface area contributed by atoms with E-state index in [4.69, 9.17) is 27.9 Å². The maximum absolute atomic E-state index is 11.9. The normalized spacial score (nSPS) is 15.9. The van der Waals surface area contributed by atoms with Gasteiger partial charge in [-0.3, -0.25) is 0 Å². The van der Waals surface area contributed by atoms with Crippen molar-refractivity contribution in [2.45, 2.75) is 0 Å². The molecule has 0 aromatic heterocycles. The number of aliphatic imine (C=N–C) groups is 1. The molecule has 6 heteroatoms. The van der Waals surface area contributed by atoms with Crippen molar-refractivity contribution in [2.75, 3.05) is 0 Å². The van der Waals surface area contributed by atoms with Crippen LogP contribution in [0.25, 0.3) is 6.08 Å². The number of hydrogen-bond donors (Lipinski definition) is 0. The minimum atomic E-state index is -0.500. The van der Waals surface area contributed by atoms with E-state index in [1.807, 2.05) is 24.3 Å². The van der Waals surface area contributed by atoms with Crippen molar-refractivity contribution in [3.05, 3.63) is 72.9 Å². The second kappa shape index (κ2) is 6.40. The van der Waals surface area contributed by atoms with Crippen LogP contribution < -0.4 is 0 Å². The lowest BCUT2D eigenvalue weighted by Gasteiger charge is -2.02. The molecule has 0 fully saturated rings. The lowest BCUT2D eigenvalue weighted by atomic mass is 10.2. The first-order chi connectivity index (χ1) is 10.5. The third-order valence-electron chi connectivity index (χ3n) is 2.93. The monoisotopic (exact) mass is 443 g/mol. The molecule has 3 rings (SSSR count). The highest BCUT2D eigenvalue weighted by molar-refractivity contribution is 14.1. The Morgan fingerprint density at radius 2 is 1.95 bits per heavy atom. The standard InChI is InChI=1S/C16H8Cl2INO2/c17-10-4-5-12(13(18)8-10)15-20-14(16(21)22-15)7-9-2-1-3-11(19)6-9/h1-8H/b14-7-. The first-order valence-corrected chi connectivity index (χ1v) is 8.10. The molecule has 2 aromatic rings. The second-order valence-corrected chi connectivity index (χ2v) is 6.60. The number of carbonyl (C=O) groups excluding carboxylic acids is 1. The van der Waals surface area contributed by atoms with E-state index in [0.717, 1.165) is 9.13 Å². The Kier molecular flexibility index (Phi) is 4.52. The number of ether oxygens (including phenoxy) is 1. The van der Waals surface area contributed by atoms with Crippen LogP contribution in [0.3, 0.4) is 0 Å². The quantitative estimate of drug-likeness (QED) is 0.374. The molecule has 1 heterocycles. The van der Waals surface area contributed by atoms with Gasteiger partial charge in [0, 0.05) is 8.59 Å². The molecule has 0 spiro atoms. The molecule has 22 heavy (non-hydrogen) atoms. The van der Waals surface area contributed by atoms with Gasteiger partial charge < -0.3 is 4.74 Å². The van der Waals surface area contributed by atoms with Gasteiger partial charge in [-0.25, -0.2) is 9.79 Å². The summed E-state index contributed by atoms with van der Waals surface area (Å²) >= 11 is 14.2. The number of rotatable bonds is 2. The van der Waals surface area contributed by atoms with E-state index in [1.165, 1.54) is 0 Å². The summed E-state index contributed by atoms with van der Waals surface area (Å²) in [6, 6.07) is 12.6. The van der Waals surface area contributed by atoms with E-state index in [1.54, 1.807) is 24.3 Å². The van der Waals surface area contributed by atoms with Crippen molar-refractivity contribution in [3.8, 4) is 0 Å². The van der Waals surface area contributed by atoms with Gasteiger partial charge in [-0.05, 0) is 64.6 Å². The van der Waals surface area contributed by atoms with Gasteiger partial charge in [0.2, 0.25) is 5.90 Å². The molecule has 0 aliphatic carbocycles. The molecular weight excluding hydrogens is 436 g/mol. The molecule has 1 aliphatic heterocycles. The second-order valence-electron chi connectivity index (χ2n) is 4.52. The van der Waals surface area contributed by atoms with E-state index in [2.05, 4.69) is 27.6 Å². The summed E-state index contributed by atoms with van der Waals surface area (Å²) in [6.07, 6.45) is 1.68. The number of benzene rings is 2. The zero-order chi connectivity index (χ0) is 15.7. The van der Waals surface area contributed by atoms with Crippen LogP contribution in [0.15, 0.2) is 53.2 Å². The molecule has 0 N–H and O–H groups in total. The molecule has 110 valence electrons. The third-order valence-corrected chi connectivity index (χ3v) is 4.15. The van der Waals surface area contributed by atoms with E-state index >= 15 is 0 Å². The Hall–Kier alpha value is -1.37. The molecule has 2 aromatic carbocycles. The molecular formula is C16H8Cl2INO2. The van der Waals surface area contributed by atoms with E-state index in [0.29, 0.717) is 15.6 Å². The molecule has 0 saturated heterocycles. The van der Waals surface area contributed by atoms with Crippen LogP contribution in [-0.2, 0) is 9.53 Å². The fourth-order valence-corrected chi connectivity index (χ4v) is 3.00. The van der Waals surface area contributed by atoms with Gasteiger partial charge >= 0.3 is 5.97 Å². The van der Waals surface area contributed by atoms with Crippen molar-refractivity contribution in [1.82, 2.24) is 0 Å². The third kappa shape index (κ3) is 3.34. The average Bonchev–Trinajstić information content (AvgIpc) is 2.80. The Morgan fingerprint density at radius 1 is 1.14 bits per heavy atom. The maximum atomic E-state index is 11.9. The molecule has 0 unspecified atom stereocenters. The fourth-order valence-electron chi connectivity index (χ4n) is 1.94. The summed E-state index contributed by atoms with van der Waals surface area (Å²) in [4.78, 5) is 16.2. The van der Waals surface area contributed by atoms with Crippen LogP contribution in [0.4, 0.5) is 0 Å². The SMILES string of the molecule is O=C1OC(c2ccc(Cl)cc2Cl)=N/C1=C\c1cccc(I)c1. The predicted octanol–water partition coefficient (Wildman–Crippen LogP) is 4.94. The highest BCUT2D eigenvalue weighted by Gasteiger charge is 2.25. The van der Waals surface area contributed by atoms with Crippen molar-refractivity contribution >= 4 is 63.7 Å². The van der Waals surface area contributed by atoms with Crippen LogP contribution in [0, 0.1) is 3.57 Å². The van der Waals surface area contributed by atoms with Crippen LogP contribution in [-0.4, -0.2) is 11.9 Å². The number of halogens is 3. The van der Waals surface area contributed by atoms with Crippen molar-refractivity contribution < 1.29 is 9.53 Å². The number of cyclic esters (lactones) is 1. The first-order valence-electron chi connectivity index (χ1n) is 6.26. The highest BCUT2D eigenvalue weighted by atomic mass is 127. The molecule has 0 bridgehead atoms. The summed E-state index contributed by atoms with van der Waals surface area (Å²) in [7, 11) is 0. The zero-order valence-corrected chi connectivity index (χ0v) is 14.7. The van der Waals surface area contributed by atoms with Gasteiger partial charge in [-0.15, -0.1) is 0 Å². The number of esters is 1. The molecule has 1 aliphatic rings. The summed E-state index contributed by atoms with van der Waals surface area (Å²) in [6.45, 7) is 0. The lowest BCUT2D eigenvalue weighted by Crippen LogP contribution is -2.05. The minimum absolute atomic E-state index is 0.184. The molecule has 3 nitrogen and oxygen atoms in total. The molecule has 0 amide bonds. The smallest absolute Gasteiger partial charge is 0.363 e. The first kappa shape index (κ1) is 15.5. The van der Waals surface area contributed by atoms with Crippen LogP contribution in [0.2, 0.25) is 10.0 Å². The maximum Gasteiger partial charge on any atom is 0.363 e. The summed E-state index contributed by atoms with van der Waals surface area (Å²) < 4.78 is 6.27. The molecule has 0 atom stereocenters. The summed E-state index contributed by atoms with van der Waals surface area (Å²) in [5, 5.41) is 0.892. The molecule has 0 radical (unpaired) electrons. The Balaban J connectivity index is 1.98. The number of carbonyl (C=O) groups is 1. The predicted molar refractivity (Wildman–Crippen MR) is 96.2 cm³/mol. The Labute approximate surface area is 150 Å². The number of hydrogen-bond acceptors (Lipinski definition) is 3. The Morgan fingerprint density at radius 3 is 2.68 bits per heavy atom.